The number of thiophene rings is 1. The Hall–Kier alpha value is -1.67. The molecule has 1 unspecified atom stereocenters. The van der Waals surface area contributed by atoms with E-state index < -0.39 is 11.8 Å². The molecule has 1 aromatic heterocycles. The Morgan fingerprint density at radius 2 is 2.07 bits per heavy atom. The normalized spacial score (nSPS) is 15.7. The molecule has 2 amide bonds. The molecule has 0 fully saturated rings. The molecule has 0 radical (unpaired) electrons. The minimum atomic E-state index is -0.503. The number of carbonyl (C=O) groups excluding carboxylic acids is 2. The molecule has 27 heavy (non-hydrogen) atoms. The SMILES string of the molecule is CC1CCc2c(sc(NC(=S)NC(=O)c3cccc(Cl)c3Cl)c2C(N)=O)C1. The molecular weight excluding hydrogens is 425 g/mol. The molecule has 1 aromatic carbocycles. The van der Waals surface area contributed by atoms with Gasteiger partial charge in [0.25, 0.3) is 11.8 Å². The van der Waals surface area contributed by atoms with E-state index >= 15 is 0 Å². The van der Waals surface area contributed by atoms with E-state index in [1.807, 2.05) is 0 Å². The summed E-state index contributed by atoms with van der Waals surface area (Å²) in [6, 6.07) is 4.76. The maximum Gasteiger partial charge on any atom is 0.258 e. The number of benzene rings is 1. The molecule has 1 aliphatic carbocycles. The van der Waals surface area contributed by atoms with Crippen molar-refractivity contribution < 1.29 is 9.59 Å². The lowest BCUT2D eigenvalue weighted by Gasteiger charge is -2.18. The molecule has 0 spiro atoms. The van der Waals surface area contributed by atoms with Crippen molar-refractivity contribution in [1.29, 1.82) is 0 Å². The third kappa shape index (κ3) is 4.27. The zero-order valence-electron chi connectivity index (χ0n) is 14.4. The van der Waals surface area contributed by atoms with Gasteiger partial charge >= 0.3 is 0 Å². The zero-order chi connectivity index (χ0) is 19.7. The molecule has 1 atom stereocenters. The van der Waals surface area contributed by atoms with Crippen molar-refractivity contribution >= 4 is 68.7 Å². The van der Waals surface area contributed by atoms with E-state index in [4.69, 9.17) is 41.2 Å². The van der Waals surface area contributed by atoms with Gasteiger partial charge in [0.15, 0.2) is 5.11 Å². The lowest BCUT2D eigenvalue weighted by molar-refractivity contribution is 0.0975. The first-order valence-corrected chi connectivity index (χ1v) is 10.3. The van der Waals surface area contributed by atoms with Crippen LogP contribution < -0.4 is 16.4 Å². The molecule has 1 heterocycles. The molecule has 1 aliphatic rings. The summed E-state index contributed by atoms with van der Waals surface area (Å²) in [5.41, 5.74) is 7.24. The molecule has 2 aromatic rings. The number of amides is 2. The second-order valence-corrected chi connectivity index (χ2v) is 8.73. The number of fused-ring (bicyclic) bond motifs is 1. The largest absolute Gasteiger partial charge is 0.365 e. The lowest BCUT2D eigenvalue weighted by atomic mass is 9.88. The van der Waals surface area contributed by atoms with Gasteiger partial charge in [-0.25, -0.2) is 0 Å². The fourth-order valence-electron chi connectivity index (χ4n) is 3.08. The zero-order valence-corrected chi connectivity index (χ0v) is 17.5. The highest BCUT2D eigenvalue weighted by Crippen LogP contribution is 2.39. The lowest BCUT2D eigenvalue weighted by Crippen LogP contribution is -2.34. The maximum atomic E-state index is 12.4. The Labute approximate surface area is 176 Å². The number of nitrogens with two attached hydrogens (primary N) is 1. The summed E-state index contributed by atoms with van der Waals surface area (Å²) in [6.07, 6.45) is 2.72. The monoisotopic (exact) mass is 441 g/mol. The Kier molecular flexibility index (Phi) is 6.05. The summed E-state index contributed by atoms with van der Waals surface area (Å²) in [4.78, 5) is 25.5. The number of hydrogen-bond acceptors (Lipinski definition) is 4. The van der Waals surface area contributed by atoms with Crippen molar-refractivity contribution in [2.45, 2.75) is 26.2 Å². The van der Waals surface area contributed by atoms with Crippen LogP contribution in [0.3, 0.4) is 0 Å². The van der Waals surface area contributed by atoms with E-state index in [0.29, 0.717) is 16.5 Å². The van der Waals surface area contributed by atoms with Gasteiger partial charge in [0.05, 0.1) is 21.2 Å². The average molecular weight is 442 g/mol. The van der Waals surface area contributed by atoms with Crippen LogP contribution in [-0.2, 0) is 12.8 Å². The molecule has 0 bridgehead atoms. The summed E-state index contributed by atoms with van der Waals surface area (Å²) in [6.45, 7) is 2.18. The molecular formula is C18H17Cl2N3O2S2. The Morgan fingerprint density at radius 3 is 2.78 bits per heavy atom. The van der Waals surface area contributed by atoms with Gasteiger partial charge in [0.2, 0.25) is 0 Å². The Morgan fingerprint density at radius 1 is 1.33 bits per heavy atom. The van der Waals surface area contributed by atoms with Gasteiger partial charge in [-0.15, -0.1) is 11.3 Å². The van der Waals surface area contributed by atoms with Crippen LogP contribution in [0.15, 0.2) is 18.2 Å². The van der Waals surface area contributed by atoms with E-state index in [0.717, 1.165) is 29.7 Å². The van der Waals surface area contributed by atoms with Crippen molar-refractivity contribution in [2.75, 3.05) is 5.32 Å². The fraction of sp³-hybridized carbons (Fsp3) is 0.278. The number of anilines is 1. The standard InChI is InChI=1S/C18H17Cl2N3O2S2/c1-8-5-6-9-12(7-8)27-17(13(9)15(21)24)23-18(26)22-16(25)10-3-2-4-11(19)14(10)20/h2-4,8H,5-7H2,1H3,(H2,21,24)(H2,22,23,25,26). The Bertz CT molecular complexity index is 943. The highest BCUT2D eigenvalue weighted by molar-refractivity contribution is 7.80. The molecule has 0 saturated heterocycles. The topological polar surface area (TPSA) is 84.2 Å². The van der Waals surface area contributed by atoms with Crippen LogP contribution in [0.4, 0.5) is 5.00 Å². The molecule has 4 N–H and O–H groups in total. The minimum absolute atomic E-state index is 0.0604. The summed E-state index contributed by atoms with van der Waals surface area (Å²) in [5, 5.41) is 6.55. The third-order valence-electron chi connectivity index (χ3n) is 4.41. The first-order chi connectivity index (χ1) is 12.8. The fourth-order valence-corrected chi connectivity index (χ4v) is 5.15. The van der Waals surface area contributed by atoms with Crippen molar-refractivity contribution in [2.24, 2.45) is 11.7 Å². The number of halogens is 2. The van der Waals surface area contributed by atoms with Gasteiger partial charge < -0.3 is 11.1 Å². The Balaban J connectivity index is 1.79. The van der Waals surface area contributed by atoms with E-state index in [9.17, 15) is 9.59 Å². The number of thiocarbonyl (C=S) groups is 1. The highest BCUT2D eigenvalue weighted by atomic mass is 35.5. The van der Waals surface area contributed by atoms with Crippen LogP contribution in [-0.4, -0.2) is 16.9 Å². The quantitative estimate of drug-likeness (QED) is 0.615. The van der Waals surface area contributed by atoms with Crippen LogP contribution in [0.1, 0.15) is 44.5 Å². The first-order valence-electron chi connectivity index (χ1n) is 8.28. The van der Waals surface area contributed by atoms with Gasteiger partial charge in [-0.3, -0.25) is 14.9 Å². The van der Waals surface area contributed by atoms with Crippen molar-refractivity contribution in [3.8, 4) is 0 Å². The smallest absolute Gasteiger partial charge is 0.258 e. The predicted molar refractivity (Wildman–Crippen MR) is 114 cm³/mol. The minimum Gasteiger partial charge on any atom is -0.365 e. The molecule has 0 aliphatic heterocycles. The average Bonchev–Trinajstić information content (AvgIpc) is 2.93. The highest BCUT2D eigenvalue weighted by Gasteiger charge is 2.27. The van der Waals surface area contributed by atoms with E-state index in [-0.39, 0.29) is 20.7 Å². The summed E-state index contributed by atoms with van der Waals surface area (Å²) in [5.74, 6) is -0.437. The van der Waals surface area contributed by atoms with Crippen molar-refractivity contribution in [3.05, 3.63) is 49.8 Å². The maximum absolute atomic E-state index is 12.4. The number of primary amides is 1. The summed E-state index contributed by atoms with van der Waals surface area (Å²) in [7, 11) is 0. The molecule has 9 heteroatoms. The number of carbonyl (C=O) groups is 2. The van der Waals surface area contributed by atoms with Gasteiger partial charge in [0.1, 0.15) is 5.00 Å². The number of nitrogens with one attached hydrogen (secondary N) is 2. The number of rotatable bonds is 3. The first kappa shape index (κ1) is 20.1. The van der Waals surface area contributed by atoms with Gasteiger partial charge in [-0.05, 0) is 55.1 Å². The van der Waals surface area contributed by atoms with Crippen LogP contribution >= 0.6 is 46.8 Å². The van der Waals surface area contributed by atoms with Gasteiger partial charge in [0, 0.05) is 4.88 Å². The van der Waals surface area contributed by atoms with E-state index in [2.05, 4.69) is 17.6 Å². The molecule has 142 valence electrons. The van der Waals surface area contributed by atoms with Crippen LogP contribution in [0.5, 0.6) is 0 Å². The number of hydrogen-bond donors (Lipinski definition) is 3. The molecule has 3 rings (SSSR count). The van der Waals surface area contributed by atoms with Crippen LogP contribution in [0.2, 0.25) is 10.0 Å². The third-order valence-corrected chi connectivity index (χ3v) is 6.60. The molecule has 5 nitrogen and oxygen atoms in total. The predicted octanol–water partition coefficient (Wildman–Crippen LogP) is 4.41. The molecule has 0 saturated carbocycles. The second-order valence-electron chi connectivity index (χ2n) is 6.43. The van der Waals surface area contributed by atoms with Gasteiger partial charge in [-0.1, -0.05) is 36.2 Å². The van der Waals surface area contributed by atoms with Crippen LogP contribution in [0, 0.1) is 5.92 Å². The summed E-state index contributed by atoms with van der Waals surface area (Å²) >= 11 is 18.7. The second kappa shape index (κ2) is 8.14. The van der Waals surface area contributed by atoms with Crippen molar-refractivity contribution in [3.63, 3.8) is 0 Å². The van der Waals surface area contributed by atoms with E-state index in [1.54, 1.807) is 18.2 Å². The summed E-state index contributed by atoms with van der Waals surface area (Å²) < 4.78 is 0. The van der Waals surface area contributed by atoms with Crippen LogP contribution in [0.25, 0.3) is 0 Å². The van der Waals surface area contributed by atoms with Crippen molar-refractivity contribution in [1.82, 2.24) is 5.32 Å². The van der Waals surface area contributed by atoms with E-state index in [1.165, 1.54) is 11.3 Å². The van der Waals surface area contributed by atoms with Gasteiger partial charge in [-0.2, -0.15) is 0 Å².